The Bertz CT molecular complexity index is 1770. The first-order valence-electron chi connectivity index (χ1n) is 18.6. The number of hydrogen-bond acceptors (Lipinski definition) is 9. The monoisotopic (exact) mass is 781 g/mol. The second kappa shape index (κ2) is 17.1. The minimum absolute atomic E-state index is 0.0184. The SMILES string of the molecule is CCN1CC[C@H]([C@@H](O[Si](C)(C)C(C)(C)C)c2cc(C(C)(C)COC(=O)c3ccccc3)c(OCOC)c(C(C)(C)COC(=O)c3ccccc3)c2)S1(=O)=O. The summed E-state index contributed by atoms with van der Waals surface area (Å²) in [7, 11) is -4.78. The molecule has 1 aliphatic rings. The second-order valence-corrected chi connectivity index (χ2v) is 23.7. The van der Waals surface area contributed by atoms with Gasteiger partial charge in [-0.15, -0.1) is 0 Å². The molecule has 10 nitrogen and oxygen atoms in total. The maximum atomic E-state index is 14.2. The standard InChI is InChI=1S/C42H59NO9SSi/c1-12-43-24-23-35(53(43,46)47)36(52-54(10,11)40(2,3)4)32-25-33(41(5,6)27-49-38(44)30-19-15-13-16-20-30)37(51-29-48-9)34(26-32)42(7,8)28-50-39(45)31-21-17-14-18-22-31/h13-22,25-26,35-36H,12,23-24,27-29H2,1-11H3/t35-,36+/m1/s1. The summed E-state index contributed by atoms with van der Waals surface area (Å²) in [5, 5.41) is -1.06. The maximum absolute atomic E-state index is 14.2. The van der Waals surface area contributed by atoms with Crippen molar-refractivity contribution in [2.75, 3.05) is 40.2 Å². The molecule has 0 saturated carbocycles. The first kappa shape index (κ1) is 43.2. The van der Waals surface area contributed by atoms with Gasteiger partial charge in [-0.05, 0) is 66.5 Å². The largest absolute Gasteiger partial charge is 0.467 e. The van der Waals surface area contributed by atoms with Crippen LogP contribution in [0.15, 0.2) is 72.8 Å². The molecule has 0 radical (unpaired) electrons. The number of carbonyl (C=O) groups is 2. The molecule has 0 amide bonds. The van der Waals surface area contributed by atoms with Crippen molar-refractivity contribution < 1.29 is 41.4 Å². The van der Waals surface area contributed by atoms with Gasteiger partial charge < -0.3 is 23.4 Å². The zero-order chi connectivity index (χ0) is 40.1. The molecule has 12 heteroatoms. The number of benzene rings is 3. The van der Waals surface area contributed by atoms with Crippen molar-refractivity contribution in [1.29, 1.82) is 0 Å². The van der Waals surface area contributed by atoms with Crippen molar-refractivity contribution in [3.8, 4) is 5.75 Å². The lowest BCUT2D eigenvalue weighted by atomic mass is 9.76. The van der Waals surface area contributed by atoms with E-state index >= 15 is 0 Å². The van der Waals surface area contributed by atoms with Crippen molar-refractivity contribution >= 4 is 30.3 Å². The molecule has 0 N–H and O–H groups in total. The highest BCUT2D eigenvalue weighted by Crippen LogP contribution is 2.48. The molecular formula is C42H59NO9SSi. The summed E-state index contributed by atoms with van der Waals surface area (Å²) in [4.78, 5) is 26.4. The molecule has 1 heterocycles. The van der Waals surface area contributed by atoms with E-state index in [1.165, 1.54) is 11.4 Å². The van der Waals surface area contributed by atoms with Gasteiger partial charge in [0.15, 0.2) is 15.1 Å². The van der Waals surface area contributed by atoms with Crippen molar-refractivity contribution in [1.82, 2.24) is 4.31 Å². The predicted octanol–water partition coefficient (Wildman–Crippen LogP) is 8.43. The van der Waals surface area contributed by atoms with Gasteiger partial charge in [-0.3, -0.25) is 0 Å². The fraction of sp³-hybridized carbons (Fsp3) is 0.524. The van der Waals surface area contributed by atoms with E-state index in [1.807, 2.05) is 58.9 Å². The van der Waals surface area contributed by atoms with E-state index in [0.717, 1.165) is 0 Å². The van der Waals surface area contributed by atoms with Gasteiger partial charge in [-0.2, -0.15) is 0 Å². The number of ether oxygens (including phenoxy) is 4. The fourth-order valence-electron chi connectivity index (χ4n) is 6.29. The summed E-state index contributed by atoms with van der Waals surface area (Å²) in [5.74, 6) is -0.468. The number of nitrogens with zero attached hydrogens (tertiary/aromatic N) is 1. The second-order valence-electron chi connectivity index (χ2n) is 16.8. The summed E-state index contributed by atoms with van der Waals surface area (Å²) in [6.45, 7) is 20.9. The topological polar surface area (TPSA) is 118 Å². The van der Waals surface area contributed by atoms with Crippen LogP contribution in [0.2, 0.25) is 18.1 Å². The average molecular weight is 782 g/mol. The van der Waals surface area contributed by atoms with Gasteiger partial charge in [0.25, 0.3) is 0 Å². The Kier molecular flexibility index (Phi) is 13.7. The van der Waals surface area contributed by atoms with E-state index in [0.29, 0.717) is 53.1 Å². The van der Waals surface area contributed by atoms with Crippen molar-refractivity contribution in [2.24, 2.45) is 0 Å². The molecule has 0 aliphatic carbocycles. The number of hydrogen-bond donors (Lipinski definition) is 0. The lowest BCUT2D eigenvalue weighted by Crippen LogP contribution is -2.45. The minimum atomic E-state index is -3.73. The van der Waals surface area contributed by atoms with Crippen LogP contribution in [0.3, 0.4) is 0 Å². The summed E-state index contributed by atoms with van der Waals surface area (Å²) in [5.41, 5.74) is 1.13. The maximum Gasteiger partial charge on any atom is 0.338 e. The molecule has 1 aliphatic heterocycles. The highest BCUT2D eigenvalue weighted by Gasteiger charge is 2.49. The molecule has 1 fully saturated rings. The first-order valence-corrected chi connectivity index (χ1v) is 23.0. The Labute approximate surface area is 323 Å². The van der Waals surface area contributed by atoms with Crippen LogP contribution in [0.1, 0.15) is 105 Å². The smallest absolute Gasteiger partial charge is 0.338 e. The number of methoxy groups -OCH3 is 1. The number of carbonyl (C=O) groups excluding carboxylic acids is 2. The van der Waals surface area contributed by atoms with Gasteiger partial charge in [0.05, 0.1) is 17.2 Å². The third kappa shape index (κ3) is 9.81. The van der Waals surface area contributed by atoms with Crippen molar-refractivity contribution in [2.45, 2.75) is 102 Å². The zero-order valence-corrected chi connectivity index (χ0v) is 35.7. The summed E-state index contributed by atoms with van der Waals surface area (Å²) < 4.78 is 60.7. The summed E-state index contributed by atoms with van der Waals surface area (Å²) in [6.07, 6.45) is -0.426. The Morgan fingerprint density at radius 1 is 0.815 bits per heavy atom. The van der Waals surface area contributed by atoms with E-state index in [4.69, 9.17) is 23.4 Å². The molecule has 0 aromatic heterocycles. The molecule has 296 valence electrons. The highest BCUT2D eigenvalue weighted by atomic mass is 32.2. The zero-order valence-electron chi connectivity index (χ0n) is 33.9. The van der Waals surface area contributed by atoms with Crippen LogP contribution in [-0.4, -0.2) is 78.4 Å². The van der Waals surface area contributed by atoms with E-state index < -0.39 is 52.5 Å². The predicted molar refractivity (Wildman–Crippen MR) is 214 cm³/mol. The third-order valence-corrected chi connectivity index (χ3v) is 17.6. The van der Waals surface area contributed by atoms with Crippen LogP contribution < -0.4 is 4.74 Å². The van der Waals surface area contributed by atoms with Crippen LogP contribution in [0, 0.1) is 0 Å². The molecule has 3 aromatic carbocycles. The van der Waals surface area contributed by atoms with E-state index in [9.17, 15) is 18.0 Å². The normalized spacial score (nSPS) is 17.2. The van der Waals surface area contributed by atoms with Crippen LogP contribution in [0.25, 0.3) is 0 Å². The van der Waals surface area contributed by atoms with Gasteiger partial charge in [0.2, 0.25) is 10.0 Å². The molecule has 54 heavy (non-hydrogen) atoms. The van der Waals surface area contributed by atoms with Gasteiger partial charge in [-0.25, -0.2) is 22.3 Å². The van der Waals surface area contributed by atoms with Gasteiger partial charge >= 0.3 is 11.9 Å². The highest BCUT2D eigenvalue weighted by molar-refractivity contribution is 7.90. The number of sulfonamides is 1. The fourth-order valence-corrected chi connectivity index (χ4v) is 9.71. The Morgan fingerprint density at radius 3 is 1.67 bits per heavy atom. The molecule has 0 bridgehead atoms. The average Bonchev–Trinajstić information content (AvgIpc) is 3.43. The number of rotatable bonds is 16. The number of esters is 2. The summed E-state index contributed by atoms with van der Waals surface area (Å²) >= 11 is 0. The van der Waals surface area contributed by atoms with E-state index in [2.05, 4.69) is 33.9 Å². The third-order valence-electron chi connectivity index (χ3n) is 10.7. The molecule has 1 saturated heterocycles. The quantitative estimate of drug-likeness (QED) is 0.0802. The van der Waals surface area contributed by atoms with E-state index in [1.54, 1.807) is 48.5 Å². The molecule has 3 aromatic rings. The minimum Gasteiger partial charge on any atom is -0.467 e. The lowest BCUT2D eigenvalue weighted by Gasteiger charge is -2.41. The first-order chi connectivity index (χ1) is 25.2. The Morgan fingerprint density at radius 2 is 1.28 bits per heavy atom. The molecule has 0 spiro atoms. The Balaban J connectivity index is 1.94. The van der Waals surface area contributed by atoms with Gasteiger partial charge in [0.1, 0.15) is 24.2 Å². The molecular weight excluding hydrogens is 723 g/mol. The van der Waals surface area contributed by atoms with Crippen LogP contribution in [0.5, 0.6) is 5.75 Å². The lowest BCUT2D eigenvalue weighted by molar-refractivity contribution is 0.0364. The Hall–Kier alpha value is -3.55. The van der Waals surface area contributed by atoms with Gasteiger partial charge in [-0.1, -0.05) is 91.8 Å². The molecule has 4 rings (SSSR count). The summed E-state index contributed by atoms with van der Waals surface area (Å²) in [6, 6.07) is 21.5. The molecule has 0 unspecified atom stereocenters. The van der Waals surface area contributed by atoms with E-state index in [-0.39, 0.29) is 25.0 Å². The molecule has 2 atom stereocenters. The van der Waals surface area contributed by atoms with Crippen molar-refractivity contribution in [3.63, 3.8) is 0 Å². The van der Waals surface area contributed by atoms with Gasteiger partial charge in [0, 0.05) is 42.2 Å². The van der Waals surface area contributed by atoms with Crippen LogP contribution >= 0.6 is 0 Å². The van der Waals surface area contributed by atoms with Crippen LogP contribution in [-0.2, 0) is 39.5 Å². The van der Waals surface area contributed by atoms with Crippen molar-refractivity contribution in [3.05, 3.63) is 101 Å². The van der Waals surface area contributed by atoms with Crippen LogP contribution in [0.4, 0.5) is 0 Å².